The van der Waals surface area contributed by atoms with Crippen LogP contribution in [0.3, 0.4) is 0 Å². The van der Waals surface area contributed by atoms with Crippen LogP contribution in [0.25, 0.3) is 11.0 Å². The van der Waals surface area contributed by atoms with Crippen molar-refractivity contribution in [3.05, 3.63) is 45.8 Å². The summed E-state index contributed by atoms with van der Waals surface area (Å²) in [6, 6.07) is 7.81. The van der Waals surface area contributed by atoms with E-state index in [-0.39, 0.29) is 30.4 Å². The molecule has 134 valence electrons. The number of likely N-dealkylation sites (N-methyl/N-ethyl adjacent to an activating group) is 1. The lowest BCUT2D eigenvalue weighted by atomic mass is 9.99. The third kappa shape index (κ3) is 4.73. The number of fused-ring (bicyclic) bond motifs is 1. The van der Waals surface area contributed by atoms with E-state index < -0.39 is 0 Å². The van der Waals surface area contributed by atoms with Crippen molar-refractivity contribution < 1.29 is 4.42 Å². The van der Waals surface area contributed by atoms with Gasteiger partial charge in [-0.1, -0.05) is 19.9 Å². The zero-order valence-electron chi connectivity index (χ0n) is 14.4. The average Bonchev–Trinajstić information content (AvgIpc) is 2.49. The molecule has 1 aliphatic rings. The van der Waals surface area contributed by atoms with Crippen LogP contribution in [0.1, 0.15) is 30.9 Å². The van der Waals surface area contributed by atoms with Crippen LogP contribution in [0.5, 0.6) is 0 Å². The van der Waals surface area contributed by atoms with E-state index in [0.29, 0.717) is 11.5 Å². The van der Waals surface area contributed by atoms with Gasteiger partial charge in [-0.05, 0) is 36.2 Å². The minimum atomic E-state index is -0.256. The molecule has 2 aromatic rings. The Balaban J connectivity index is 0.00000144. The number of hydrogen-bond acceptors (Lipinski definition) is 4. The summed E-state index contributed by atoms with van der Waals surface area (Å²) in [5, 5.41) is 1.07. The Morgan fingerprint density at radius 2 is 1.75 bits per heavy atom. The van der Waals surface area contributed by atoms with Crippen LogP contribution < -0.4 is 5.63 Å². The lowest BCUT2D eigenvalue weighted by molar-refractivity contribution is 0.148. The molecule has 0 bridgehead atoms. The molecule has 1 aromatic heterocycles. The molecule has 0 amide bonds. The quantitative estimate of drug-likeness (QED) is 0.772. The van der Waals surface area contributed by atoms with Gasteiger partial charge in [0, 0.05) is 44.2 Å². The van der Waals surface area contributed by atoms with E-state index in [4.69, 9.17) is 4.42 Å². The van der Waals surface area contributed by atoms with Gasteiger partial charge in [-0.3, -0.25) is 4.90 Å². The number of piperazine rings is 1. The Bertz CT molecular complexity index is 723. The van der Waals surface area contributed by atoms with E-state index in [1.807, 2.05) is 6.07 Å². The molecule has 0 saturated carbocycles. The van der Waals surface area contributed by atoms with Crippen molar-refractivity contribution in [3.8, 4) is 0 Å². The highest BCUT2D eigenvalue weighted by Gasteiger charge is 2.16. The standard InChI is InChI=1S/C18H24N2O2.2ClH/c1-13(2)14-4-5-17-16(10-14)15(11-18(21)22-17)12-20-8-6-19(3)7-9-20;;/h4-5,10-11,13H,6-9,12H2,1-3H3;2*1H. The van der Waals surface area contributed by atoms with E-state index >= 15 is 0 Å². The maximum absolute atomic E-state index is 11.8. The molecule has 6 heteroatoms. The Labute approximate surface area is 155 Å². The third-order valence-corrected chi connectivity index (χ3v) is 4.51. The van der Waals surface area contributed by atoms with Gasteiger partial charge in [-0.2, -0.15) is 0 Å². The summed E-state index contributed by atoms with van der Waals surface area (Å²) < 4.78 is 5.36. The van der Waals surface area contributed by atoms with Gasteiger partial charge in [-0.15, -0.1) is 24.8 Å². The zero-order valence-corrected chi connectivity index (χ0v) is 16.1. The van der Waals surface area contributed by atoms with E-state index in [9.17, 15) is 4.79 Å². The first-order valence-corrected chi connectivity index (χ1v) is 8.00. The molecular formula is C18H26Cl2N2O2. The predicted molar refractivity (Wildman–Crippen MR) is 104 cm³/mol. The van der Waals surface area contributed by atoms with Crippen LogP contribution in [0.2, 0.25) is 0 Å². The van der Waals surface area contributed by atoms with Gasteiger partial charge in [0.1, 0.15) is 5.58 Å². The molecule has 0 unspecified atom stereocenters. The molecule has 0 atom stereocenters. The highest BCUT2D eigenvalue weighted by atomic mass is 35.5. The fourth-order valence-electron chi connectivity index (χ4n) is 2.98. The lowest BCUT2D eigenvalue weighted by Gasteiger charge is -2.32. The van der Waals surface area contributed by atoms with Gasteiger partial charge in [0.05, 0.1) is 0 Å². The molecule has 4 nitrogen and oxygen atoms in total. The molecule has 0 N–H and O–H groups in total. The highest BCUT2D eigenvalue weighted by Crippen LogP contribution is 2.24. The van der Waals surface area contributed by atoms with Crippen molar-refractivity contribution in [2.24, 2.45) is 0 Å². The normalized spacial score (nSPS) is 16.0. The van der Waals surface area contributed by atoms with E-state index in [1.54, 1.807) is 6.07 Å². The Morgan fingerprint density at radius 3 is 2.38 bits per heavy atom. The second-order valence-corrected chi connectivity index (χ2v) is 6.58. The number of hydrogen-bond donors (Lipinski definition) is 0. The minimum Gasteiger partial charge on any atom is -0.423 e. The van der Waals surface area contributed by atoms with Crippen LogP contribution in [0.4, 0.5) is 0 Å². The number of benzene rings is 1. The van der Waals surface area contributed by atoms with Crippen LogP contribution in [-0.4, -0.2) is 43.0 Å². The van der Waals surface area contributed by atoms with E-state index in [0.717, 1.165) is 43.7 Å². The van der Waals surface area contributed by atoms with Crippen LogP contribution >= 0.6 is 24.8 Å². The molecule has 1 aromatic carbocycles. The number of rotatable bonds is 3. The van der Waals surface area contributed by atoms with Crippen LogP contribution in [-0.2, 0) is 6.54 Å². The molecular weight excluding hydrogens is 347 g/mol. The number of halogens is 2. The van der Waals surface area contributed by atoms with Gasteiger partial charge in [0.2, 0.25) is 0 Å². The smallest absolute Gasteiger partial charge is 0.336 e. The molecule has 1 aliphatic heterocycles. The molecule has 2 heterocycles. The summed E-state index contributed by atoms with van der Waals surface area (Å²) in [6.07, 6.45) is 0. The van der Waals surface area contributed by atoms with Gasteiger partial charge in [-0.25, -0.2) is 4.79 Å². The van der Waals surface area contributed by atoms with Gasteiger partial charge in [0.15, 0.2) is 0 Å². The highest BCUT2D eigenvalue weighted by molar-refractivity contribution is 5.85. The van der Waals surface area contributed by atoms with Crippen molar-refractivity contribution in [3.63, 3.8) is 0 Å². The summed E-state index contributed by atoms with van der Waals surface area (Å²) in [6.45, 7) is 9.43. The molecule has 24 heavy (non-hydrogen) atoms. The van der Waals surface area contributed by atoms with Gasteiger partial charge in [0.25, 0.3) is 0 Å². The Morgan fingerprint density at radius 1 is 1.08 bits per heavy atom. The van der Waals surface area contributed by atoms with Crippen molar-refractivity contribution >= 4 is 35.8 Å². The summed E-state index contributed by atoms with van der Waals surface area (Å²) in [5.74, 6) is 0.466. The topological polar surface area (TPSA) is 36.7 Å². The molecule has 0 aliphatic carbocycles. The zero-order chi connectivity index (χ0) is 15.7. The first-order chi connectivity index (χ1) is 10.5. The van der Waals surface area contributed by atoms with Gasteiger partial charge < -0.3 is 9.32 Å². The summed E-state index contributed by atoms with van der Waals surface area (Å²) in [5.41, 5.74) is 2.80. The van der Waals surface area contributed by atoms with Gasteiger partial charge >= 0.3 is 5.63 Å². The first-order valence-electron chi connectivity index (χ1n) is 8.00. The minimum absolute atomic E-state index is 0. The largest absolute Gasteiger partial charge is 0.423 e. The monoisotopic (exact) mass is 372 g/mol. The van der Waals surface area contributed by atoms with Crippen molar-refractivity contribution in [1.29, 1.82) is 0 Å². The lowest BCUT2D eigenvalue weighted by Crippen LogP contribution is -2.43. The maximum Gasteiger partial charge on any atom is 0.336 e. The average molecular weight is 373 g/mol. The SMILES string of the molecule is CC(C)c1ccc2oc(=O)cc(CN3CCN(C)CC3)c2c1.Cl.Cl. The molecule has 0 spiro atoms. The molecule has 1 saturated heterocycles. The Hall–Kier alpha value is -1.07. The molecule has 0 radical (unpaired) electrons. The fraction of sp³-hybridized carbons (Fsp3) is 0.500. The Kier molecular flexibility index (Phi) is 7.74. The van der Waals surface area contributed by atoms with Crippen LogP contribution in [0.15, 0.2) is 33.5 Å². The third-order valence-electron chi connectivity index (χ3n) is 4.51. The van der Waals surface area contributed by atoms with Crippen molar-refractivity contribution in [2.45, 2.75) is 26.3 Å². The van der Waals surface area contributed by atoms with E-state index in [1.165, 1.54) is 5.56 Å². The maximum atomic E-state index is 11.8. The molecule has 3 rings (SSSR count). The van der Waals surface area contributed by atoms with Crippen LogP contribution in [0, 0.1) is 0 Å². The second-order valence-electron chi connectivity index (χ2n) is 6.58. The predicted octanol–water partition coefficient (Wildman–Crippen LogP) is 3.51. The second kappa shape index (κ2) is 8.86. The summed E-state index contributed by atoms with van der Waals surface area (Å²) >= 11 is 0. The summed E-state index contributed by atoms with van der Waals surface area (Å²) in [4.78, 5) is 16.6. The molecule has 1 fully saturated rings. The number of nitrogens with zero attached hydrogens (tertiary/aromatic N) is 2. The fourth-order valence-corrected chi connectivity index (χ4v) is 2.98. The first kappa shape index (κ1) is 21.0. The van der Waals surface area contributed by atoms with Crippen molar-refractivity contribution in [2.75, 3.05) is 33.2 Å². The summed E-state index contributed by atoms with van der Waals surface area (Å²) in [7, 11) is 2.15. The van der Waals surface area contributed by atoms with Crippen molar-refractivity contribution in [1.82, 2.24) is 9.80 Å². The van der Waals surface area contributed by atoms with E-state index in [2.05, 4.69) is 42.8 Å².